The van der Waals surface area contributed by atoms with Gasteiger partial charge in [-0.05, 0) is 6.07 Å². The van der Waals surface area contributed by atoms with Crippen LogP contribution in [0.1, 0.15) is 15.2 Å². The van der Waals surface area contributed by atoms with Gasteiger partial charge in [0.2, 0.25) is 5.78 Å². The minimum absolute atomic E-state index is 0.0317. The van der Waals surface area contributed by atoms with Crippen LogP contribution >= 0.6 is 11.3 Å². The van der Waals surface area contributed by atoms with Gasteiger partial charge >= 0.3 is 0 Å². The van der Waals surface area contributed by atoms with Gasteiger partial charge in [0.15, 0.2) is 5.82 Å². The van der Waals surface area contributed by atoms with E-state index >= 15 is 0 Å². The Bertz CT molecular complexity index is 456. The molecule has 0 saturated carbocycles. The van der Waals surface area contributed by atoms with Gasteiger partial charge < -0.3 is 0 Å². The predicted octanol–water partition coefficient (Wildman–Crippen LogP) is 1.91. The highest BCUT2D eigenvalue weighted by Gasteiger charge is 2.14. The molecule has 0 spiro atoms. The van der Waals surface area contributed by atoms with Crippen molar-refractivity contribution < 1.29 is 9.18 Å². The van der Waals surface area contributed by atoms with Crippen LogP contribution in [0.15, 0.2) is 30.2 Å². The van der Waals surface area contributed by atoms with E-state index in [2.05, 4.69) is 9.97 Å². The molecule has 0 bridgehead atoms. The van der Waals surface area contributed by atoms with Crippen molar-refractivity contribution in [1.82, 2.24) is 9.97 Å². The number of hydrogen-bond donors (Lipinski definition) is 0. The molecule has 0 aliphatic heterocycles. The number of pyridine rings is 1. The van der Waals surface area contributed by atoms with Gasteiger partial charge in [-0.25, -0.2) is 4.39 Å². The molecule has 0 aliphatic rings. The van der Waals surface area contributed by atoms with Crippen LogP contribution in [-0.4, -0.2) is 15.8 Å². The lowest BCUT2D eigenvalue weighted by Crippen LogP contribution is -2.02. The Morgan fingerprint density at radius 3 is 2.86 bits per heavy atom. The molecular formula is C9H5FN2OS. The van der Waals surface area contributed by atoms with E-state index in [0.717, 1.165) is 6.20 Å². The Morgan fingerprint density at radius 1 is 1.36 bits per heavy atom. The summed E-state index contributed by atoms with van der Waals surface area (Å²) < 4.78 is 13.1. The number of thiazole rings is 1. The van der Waals surface area contributed by atoms with E-state index < -0.39 is 5.82 Å². The number of rotatable bonds is 2. The largest absolute Gasteiger partial charge is 0.288 e. The number of hydrogen-bond acceptors (Lipinski definition) is 4. The molecule has 2 aromatic rings. The second-order valence-electron chi connectivity index (χ2n) is 2.55. The van der Waals surface area contributed by atoms with E-state index in [0.29, 0.717) is 4.88 Å². The maximum Gasteiger partial charge on any atom is 0.207 e. The van der Waals surface area contributed by atoms with E-state index in [1.54, 1.807) is 0 Å². The van der Waals surface area contributed by atoms with Crippen molar-refractivity contribution in [1.29, 1.82) is 0 Å². The SMILES string of the molecule is O=C(c1cncs1)c1ccncc1F. The molecule has 0 amide bonds. The first-order valence-electron chi connectivity index (χ1n) is 3.82. The molecule has 5 heteroatoms. The summed E-state index contributed by atoms with van der Waals surface area (Å²) in [6, 6.07) is 1.36. The maximum absolute atomic E-state index is 13.1. The lowest BCUT2D eigenvalue weighted by Gasteiger charge is -1.97. The van der Waals surface area contributed by atoms with Crippen LogP contribution in [0.2, 0.25) is 0 Å². The molecule has 2 aromatic heterocycles. The Labute approximate surface area is 83.3 Å². The summed E-state index contributed by atoms with van der Waals surface area (Å²) in [7, 11) is 0. The van der Waals surface area contributed by atoms with Gasteiger partial charge in [-0.3, -0.25) is 14.8 Å². The minimum Gasteiger partial charge on any atom is -0.288 e. The summed E-state index contributed by atoms with van der Waals surface area (Å²) in [5.41, 5.74) is 1.57. The van der Waals surface area contributed by atoms with Crippen molar-refractivity contribution >= 4 is 17.1 Å². The van der Waals surface area contributed by atoms with Crippen molar-refractivity contribution in [3.05, 3.63) is 46.4 Å². The topological polar surface area (TPSA) is 42.9 Å². The zero-order valence-electron chi connectivity index (χ0n) is 6.98. The van der Waals surface area contributed by atoms with E-state index in [4.69, 9.17) is 0 Å². The molecule has 0 saturated heterocycles. The third-order valence-corrected chi connectivity index (χ3v) is 2.45. The van der Waals surface area contributed by atoms with Crippen LogP contribution in [-0.2, 0) is 0 Å². The van der Waals surface area contributed by atoms with Crippen LogP contribution in [0, 0.1) is 5.82 Å². The number of nitrogens with zero attached hydrogens (tertiary/aromatic N) is 2. The van der Waals surface area contributed by atoms with Crippen LogP contribution < -0.4 is 0 Å². The molecule has 0 fully saturated rings. The molecule has 0 aromatic carbocycles. The van der Waals surface area contributed by atoms with Gasteiger partial charge in [-0.1, -0.05) is 0 Å². The third-order valence-electron chi connectivity index (χ3n) is 1.67. The molecule has 70 valence electrons. The van der Waals surface area contributed by atoms with Gasteiger partial charge in [0.1, 0.15) is 0 Å². The van der Waals surface area contributed by atoms with E-state index in [-0.39, 0.29) is 11.3 Å². The quantitative estimate of drug-likeness (QED) is 0.708. The smallest absolute Gasteiger partial charge is 0.207 e. The lowest BCUT2D eigenvalue weighted by molar-refractivity contribution is 0.103. The van der Waals surface area contributed by atoms with Crippen molar-refractivity contribution in [2.24, 2.45) is 0 Å². The molecule has 0 unspecified atom stereocenters. The van der Waals surface area contributed by atoms with E-state index in [1.807, 2.05) is 0 Å². The standard InChI is InChI=1S/C9H5FN2OS/c10-7-3-11-2-1-6(7)9(13)8-4-12-5-14-8/h1-5H. The molecule has 0 aliphatic carbocycles. The number of aromatic nitrogens is 2. The molecule has 3 nitrogen and oxygen atoms in total. The zero-order chi connectivity index (χ0) is 9.97. The fraction of sp³-hybridized carbons (Fsp3) is 0. The normalized spacial score (nSPS) is 10.1. The highest BCUT2D eigenvalue weighted by atomic mass is 32.1. The Balaban J connectivity index is 2.42. The van der Waals surface area contributed by atoms with Gasteiger partial charge in [0.05, 0.1) is 22.1 Å². The summed E-state index contributed by atoms with van der Waals surface area (Å²) in [4.78, 5) is 19.4. The molecule has 0 atom stereocenters. The molecular weight excluding hydrogens is 203 g/mol. The highest BCUT2D eigenvalue weighted by molar-refractivity contribution is 7.11. The fourth-order valence-corrected chi connectivity index (χ4v) is 1.59. The van der Waals surface area contributed by atoms with Crippen LogP contribution in [0.4, 0.5) is 4.39 Å². The van der Waals surface area contributed by atoms with Gasteiger partial charge in [0.25, 0.3) is 0 Å². The highest BCUT2D eigenvalue weighted by Crippen LogP contribution is 2.14. The van der Waals surface area contributed by atoms with Gasteiger partial charge in [-0.15, -0.1) is 11.3 Å². The van der Waals surface area contributed by atoms with Gasteiger partial charge in [0, 0.05) is 12.4 Å². The molecule has 0 N–H and O–H groups in total. The Kier molecular flexibility index (Phi) is 2.32. The van der Waals surface area contributed by atoms with E-state index in [1.165, 1.54) is 35.3 Å². The summed E-state index contributed by atoms with van der Waals surface area (Å²) in [6.45, 7) is 0. The maximum atomic E-state index is 13.1. The first kappa shape index (κ1) is 8.96. The number of carbonyl (C=O) groups is 1. The van der Waals surface area contributed by atoms with Crippen molar-refractivity contribution in [3.63, 3.8) is 0 Å². The third kappa shape index (κ3) is 1.54. The second-order valence-corrected chi connectivity index (χ2v) is 3.44. The Morgan fingerprint density at radius 2 is 2.21 bits per heavy atom. The predicted molar refractivity (Wildman–Crippen MR) is 49.7 cm³/mol. The van der Waals surface area contributed by atoms with E-state index in [9.17, 15) is 9.18 Å². The van der Waals surface area contributed by atoms with Crippen molar-refractivity contribution in [2.45, 2.75) is 0 Å². The average Bonchev–Trinajstić information content (AvgIpc) is 2.70. The number of halogens is 1. The zero-order valence-corrected chi connectivity index (χ0v) is 7.79. The first-order chi connectivity index (χ1) is 6.79. The Hall–Kier alpha value is -1.62. The fourth-order valence-electron chi connectivity index (χ4n) is 1.02. The minimum atomic E-state index is -0.606. The monoisotopic (exact) mass is 208 g/mol. The van der Waals surface area contributed by atoms with Crippen molar-refractivity contribution in [2.75, 3.05) is 0 Å². The molecule has 14 heavy (non-hydrogen) atoms. The van der Waals surface area contributed by atoms with Crippen molar-refractivity contribution in [3.8, 4) is 0 Å². The van der Waals surface area contributed by atoms with Gasteiger partial charge in [-0.2, -0.15) is 0 Å². The molecule has 2 rings (SSSR count). The van der Waals surface area contributed by atoms with Crippen LogP contribution in [0.5, 0.6) is 0 Å². The molecule has 2 heterocycles. The summed E-state index contributed by atoms with van der Waals surface area (Å²) in [6.07, 6.45) is 3.83. The summed E-state index contributed by atoms with van der Waals surface area (Å²) >= 11 is 1.19. The molecule has 0 radical (unpaired) electrons. The average molecular weight is 208 g/mol. The lowest BCUT2D eigenvalue weighted by atomic mass is 10.1. The summed E-state index contributed by atoms with van der Waals surface area (Å²) in [5.74, 6) is -0.960. The number of carbonyl (C=O) groups excluding carboxylic acids is 1. The summed E-state index contributed by atoms with van der Waals surface area (Å²) in [5, 5.41) is 0. The van der Waals surface area contributed by atoms with Crippen LogP contribution in [0.3, 0.4) is 0 Å². The number of ketones is 1. The first-order valence-corrected chi connectivity index (χ1v) is 4.69. The van der Waals surface area contributed by atoms with Crippen LogP contribution in [0.25, 0.3) is 0 Å². The second kappa shape index (κ2) is 3.63.